The molecule has 1 atom stereocenters. The van der Waals surface area contributed by atoms with E-state index in [9.17, 15) is 18.0 Å². The van der Waals surface area contributed by atoms with Gasteiger partial charge in [-0.15, -0.1) is 0 Å². The molecule has 0 saturated heterocycles. The highest BCUT2D eigenvalue weighted by atomic mass is 19.4. The molecule has 0 aromatic heterocycles. The number of anilines is 1. The molecule has 8 aromatic carbocycles. The van der Waals surface area contributed by atoms with Crippen LogP contribution in [0.25, 0.3) is 50.2 Å². The van der Waals surface area contributed by atoms with Crippen LogP contribution in [0.5, 0.6) is 17.2 Å². The van der Waals surface area contributed by atoms with Gasteiger partial charge in [-0.3, -0.25) is 4.79 Å². The Morgan fingerprint density at radius 2 is 1.34 bits per heavy atom. The molecule has 0 radical (unpaired) electrons. The second-order valence-corrected chi connectivity index (χ2v) is 22.7. The molecule has 11 rings (SSSR count). The van der Waals surface area contributed by atoms with Crippen molar-refractivity contribution in [2.45, 2.75) is 122 Å². The number of alkyl halides is 3. The van der Waals surface area contributed by atoms with Crippen molar-refractivity contribution in [1.82, 2.24) is 0 Å². The highest BCUT2D eigenvalue weighted by molar-refractivity contribution is 6.10. The molecule has 1 unspecified atom stereocenters. The molecule has 79 heavy (non-hydrogen) atoms. The minimum Gasteiger partial charge on any atom is -0.497 e. The van der Waals surface area contributed by atoms with Crippen LogP contribution in [0, 0.1) is 12.8 Å². The third-order valence-corrected chi connectivity index (χ3v) is 17.2. The van der Waals surface area contributed by atoms with E-state index in [1.807, 2.05) is 98.8 Å². The first-order valence-electron chi connectivity index (χ1n) is 28.4. The summed E-state index contributed by atoms with van der Waals surface area (Å²) in [6, 6.07) is 49.1. The number of benzene rings is 8. The molecule has 3 aliphatic rings. The van der Waals surface area contributed by atoms with Crippen molar-refractivity contribution in [2.75, 3.05) is 19.0 Å². The highest BCUT2D eigenvalue weighted by Gasteiger charge is 2.45. The minimum atomic E-state index is -4.51. The number of unbranched alkanes of at least 4 members (excludes halogenated alkanes) is 3. The van der Waals surface area contributed by atoms with Crippen LogP contribution in [0.1, 0.15) is 153 Å². The van der Waals surface area contributed by atoms with Crippen LogP contribution in [0.4, 0.5) is 18.9 Å². The first-order valence-corrected chi connectivity index (χ1v) is 28.4. The van der Waals surface area contributed by atoms with Crippen LogP contribution >= 0.6 is 0 Å². The number of nitrogens with one attached hydrogen (secondary N) is 1. The minimum absolute atomic E-state index is 0.194. The Labute approximate surface area is 463 Å². The fourth-order valence-corrected chi connectivity index (χ4v) is 12.8. The van der Waals surface area contributed by atoms with Gasteiger partial charge in [-0.1, -0.05) is 145 Å². The van der Waals surface area contributed by atoms with Crippen LogP contribution in [0.15, 0.2) is 158 Å². The van der Waals surface area contributed by atoms with Crippen LogP contribution in [-0.4, -0.2) is 19.6 Å². The lowest BCUT2D eigenvalue weighted by Crippen LogP contribution is -2.35. The maximum absolute atomic E-state index is 14.5. The number of carbonyl (C=O) groups is 1. The van der Waals surface area contributed by atoms with E-state index in [-0.39, 0.29) is 5.91 Å². The van der Waals surface area contributed by atoms with E-state index >= 15 is 0 Å². The van der Waals surface area contributed by atoms with Gasteiger partial charge in [-0.05, 0) is 191 Å². The smallest absolute Gasteiger partial charge is 0.416 e. The lowest BCUT2D eigenvalue weighted by Gasteiger charge is -2.38. The Hall–Kier alpha value is -7.58. The van der Waals surface area contributed by atoms with Gasteiger partial charge in [0, 0.05) is 38.7 Å². The molecule has 0 spiro atoms. The number of rotatable bonds is 16. The molecule has 1 saturated carbocycles. The van der Waals surface area contributed by atoms with Crippen LogP contribution in [0.3, 0.4) is 0 Å². The quantitative estimate of drug-likeness (QED) is 0.0980. The molecule has 404 valence electrons. The van der Waals surface area contributed by atoms with Gasteiger partial charge in [0.15, 0.2) is 5.60 Å². The SMILES string of the molecule is CCCCCC1CCC(c2ccc(-c3ccc(C(=O)Nc4ccc(-c5ccc6c7c(c8c(c6c5)-c5ccc(C(F)(F)F)cc5C8(C)C)C=CC(c5ccc(OC)cc5)(c5ccc(OCCCC)cc5)O7)cc4)cc3C)cc2)CC1. The lowest BCUT2D eigenvalue weighted by molar-refractivity contribution is -0.137. The Balaban J connectivity index is 0.896. The number of methoxy groups -OCH3 is 1. The molecule has 8 heteroatoms. The van der Waals surface area contributed by atoms with E-state index < -0.39 is 22.8 Å². The summed E-state index contributed by atoms with van der Waals surface area (Å²) in [7, 11) is 1.64. The van der Waals surface area contributed by atoms with Crippen LogP contribution in [-0.2, 0) is 17.2 Å². The van der Waals surface area contributed by atoms with Crippen LogP contribution < -0.4 is 19.5 Å². The first kappa shape index (κ1) is 53.4. The Kier molecular flexibility index (Phi) is 14.8. The summed E-state index contributed by atoms with van der Waals surface area (Å²) in [4.78, 5) is 13.8. The number of halogens is 3. The van der Waals surface area contributed by atoms with Crippen molar-refractivity contribution in [1.29, 1.82) is 0 Å². The summed E-state index contributed by atoms with van der Waals surface area (Å²) < 4.78 is 62.6. The Morgan fingerprint density at radius 1 is 0.684 bits per heavy atom. The topological polar surface area (TPSA) is 56.8 Å². The summed E-state index contributed by atoms with van der Waals surface area (Å²) in [6.45, 7) is 11.1. The average molecular weight is 1060 g/mol. The monoisotopic (exact) mass is 1060 g/mol. The molecule has 1 aliphatic heterocycles. The average Bonchev–Trinajstić information content (AvgIpc) is 3.62. The third kappa shape index (κ3) is 10.4. The first-order chi connectivity index (χ1) is 38.2. The second-order valence-electron chi connectivity index (χ2n) is 22.7. The predicted octanol–water partition coefficient (Wildman–Crippen LogP) is 19.5. The summed E-state index contributed by atoms with van der Waals surface area (Å²) in [5.41, 5.74) is 10.9. The Morgan fingerprint density at radius 3 is 2.00 bits per heavy atom. The zero-order valence-electron chi connectivity index (χ0n) is 46.3. The van der Waals surface area contributed by atoms with Gasteiger partial charge in [0.1, 0.15) is 17.2 Å². The van der Waals surface area contributed by atoms with E-state index in [4.69, 9.17) is 14.2 Å². The van der Waals surface area contributed by atoms with Gasteiger partial charge in [-0.2, -0.15) is 13.2 Å². The number of amides is 1. The van der Waals surface area contributed by atoms with Crippen molar-refractivity contribution >= 4 is 28.4 Å². The van der Waals surface area contributed by atoms with E-state index in [0.717, 1.165) is 96.5 Å². The van der Waals surface area contributed by atoms with E-state index in [2.05, 4.69) is 86.8 Å². The molecule has 1 fully saturated rings. The number of ether oxygens (including phenoxy) is 3. The number of carbonyl (C=O) groups excluding carboxylic acids is 1. The van der Waals surface area contributed by atoms with Gasteiger partial charge in [0.05, 0.1) is 19.3 Å². The van der Waals surface area contributed by atoms with Gasteiger partial charge < -0.3 is 19.5 Å². The maximum Gasteiger partial charge on any atom is 0.416 e. The summed E-state index contributed by atoms with van der Waals surface area (Å²) in [5.74, 6) is 3.44. The maximum atomic E-state index is 14.5. The van der Waals surface area contributed by atoms with E-state index in [0.29, 0.717) is 40.8 Å². The van der Waals surface area contributed by atoms with Gasteiger partial charge >= 0.3 is 6.18 Å². The summed E-state index contributed by atoms with van der Waals surface area (Å²) in [6.07, 6.45) is 12.2. The highest BCUT2D eigenvalue weighted by Crippen LogP contribution is 2.59. The van der Waals surface area contributed by atoms with Crippen molar-refractivity contribution in [3.63, 3.8) is 0 Å². The van der Waals surface area contributed by atoms with Crippen LogP contribution in [0.2, 0.25) is 0 Å². The predicted molar refractivity (Wildman–Crippen MR) is 316 cm³/mol. The van der Waals surface area contributed by atoms with E-state index in [1.165, 1.54) is 69.1 Å². The fourth-order valence-electron chi connectivity index (χ4n) is 12.8. The van der Waals surface area contributed by atoms with Gasteiger partial charge in [0.25, 0.3) is 5.91 Å². The number of fused-ring (bicyclic) bond motifs is 8. The zero-order chi connectivity index (χ0) is 55.1. The zero-order valence-corrected chi connectivity index (χ0v) is 46.3. The largest absolute Gasteiger partial charge is 0.497 e. The van der Waals surface area contributed by atoms with Gasteiger partial charge in [0.2, 0.25) is 0 Å². The molecule has 0 bridgehead atoms. The molecular weight excluding hydrogens is 988 g/mol. The van der Waals surface area contributed by atoms with Crippen molar-refractivity contribution in [3.05, 3.63) is 208 Å². The van der Waals surface area contributed by atoms with Crippen molar-refractivity contribution in [3.8, 4) is 50.6 Å². The standard InChI is InChI=1S/C71H70F3NO4/c1-7-9-11-12-46-13-15-47(16-14-46)48-17-19-50(20-18-48)59-36-24-52(42-45(59)3)68(76)75-56-30-21-49(22-31-56)51-23-37-60-63(43-51)65-61-38-29-55(71(72,73)74)44-64(61)69(4,5)66(65)62-39-40-70(79-67(60)62,53-25-32-57(77-6)33-26-53)54-27-34-58(35-28-54)78-41-10-8-2/h17-40,42-44,46-47H,7-16,41H2,1-6H3,(H,75,76). The van der Waals surface area contributed by atoms with E-state index in [1.54, 1.807) is 13.2 Å². The fraction of sp³-hybridized carbons (Fsp3) is 0.310. The van der Waals surface area contributed by atoms with Crippen molar-refractivity contribution < 1.29 is 32.2 Å². The third-order valence-electron chi connectivity index (χ3n) is 17.2. The van der Waals surface area contributed by atoms with Gasteiger partial charge in [-0.25, -0.2) is 0 Å². The van der Waals surface area contributed by atoms with Crippen molar-refractivity contribution in [2.24, 2.45) is 5.92 Å². The molecule has 8 aromatic rings. The molecule has 1 amide bonds. The molecule has 2 aliphatic carbocycles. The lowest BCUT2D eigenvalue weighted by atomic mass is 9.76. The second kappa shape index (κ2) is 21.9. The molecule has 1 N–H and O–H groups in total. The normalized spacial score (nSPS) is 18.1. The summed E-state index contributed by atoms with van der Waals surface area (Å²) in [5, 5.41) is 4.81. The summed E-state index contributed by atoms with van der Waals surface area (Å²) >= 11 is 0. The molecule has 1 heterocycles. The molecule has 5 nitrogen and oxygen atoms in total. The molecular formula is C71H70F3NO4. The number of aryl methyl sites for hydroxylation is 1. The number of hydrogen-bond acceptors (Lipinski definition) is 4. The Bertz CT molecular complexity index is 3550. The number of hydrogen-bond donors (Lipinski definition) is 1.